The average molecular weight is 429 g/mol. The summed E-state index contributed by atoms with van der Waals surface area (Å²) in [6.07, 6.45) is 8.81. The Bertz CT molecular complexity index is 1150. The van der Waals surface area contributed by atoms with E-state index in [-0.39, 0.29) is 12.1 Å². The smallest absolute Gasteiger partial charge is 0.328 e. The second-order valence-corrected chi connectivity index (χ2v) is 9.04. The quantitative estimate of drug-likeness (QED) is 0.628. The minimum absolute atomic E-state index is 0.130. The number of nitrogens with zero attached hydrogens (tertiary/aromatic N) is 4. The third kappa shape index (κ3) is 3.42. The standard InChI is InChI=1S/C25H28N6O/c32-25-29-24(28-18-5-1-2-6-18)23(17-7-9-19(10-8-17)30-13-3-4-14-30)31(25)20-11-12-21-22(15-20)27-16-26-21/h7-12,15-16,18,23H,1-6,13-14H2,(H,26,27)(H,28,29,32). The lowest BCUT2D eigenvalue weighted by Gasteiger charge is -2.25. The minimum atomic E-state index is -0.254. The van der Waals surface area contributed by atoms with Crippen LogP contribution in [0.25, 0.3) is 11.0 Å². The van der Waals surface area contributed by atoms with Crippen LogP contribution in [0.3, 0.4) is 0 Å². The van der Waals surface area contributed by atoms with Crippen LogP contribution < -0.4 is 15.1 Å². The number of benzene rings is 2. The highest BCUT2D eigenvalue weighted by Gasteiger charge is 2.39. The van der Waals surface area contributed by atoms with Crippen molar-refractivity contribution in [3.05, 3.63) is 54.4 Å². The number of aliphatic imine (C=N–C) groups is 1. The van der Waals surface area contributed by atoms with Crippen molar-refractivity contribution in [1.29, 1.82) is 0 Å². The second kappa shape index (κ2) is 7.97. The van der Waals surface area contributed by atoms with Crippen LogP contribution in [0.15, 0.2) is 53.8 Å². The molecule has 164 valence electrons. The number of aromatic amines is 1. The number of urea groups is 1. The summed E-state index contributed by atoms with van der Waals surface area (Å²) >= 11 is 0. The molecular formula is C25H28N6O. The third-order valence-corrected chi connectivity index (χ3v) is 6.98. The molecule has 7 heteroatoms. The zero-order valence-corrected chi connectivity index (χ0v) is 18.1. The number of anilines is 2. The zero-order valence-electron chi connectivity index (χ0n) is 18.1. The van der Waals surface area contributed by atoms with Crippen LogP contribution >= 0.6 is 0 Å². The van der Waals surface area contributed by atoms with Gasteiger partial charge in [-0.15, -0.1) is 0 Å². The number of H-pyrrole nitrogens is 1. The predicted octanol–water partition coefficient (Wildman–Crippen LogP) is 4.78. The molecule has 1 unspecified atom stereocenters. The highest BCUT2D eigenvalue weighted by molar-refractivity contribution is 6.17. The molecule has 32 heavy (non-hydrogen) atoms. The van der Waals surface area contributed by atoms with Crippen LogP contribution in [0.4, 0.5) is 16.2 Å². The van der Waals surface area contributed by atoms with Crippen molar-refractivity contribution in [2.75, 3.05) is 22.9 Å². The number of carbonyl (C=O) groups is 1. The van der Waals surface area contributed by atoms with Crippen LogP contribution in [0.2, 0.25) is 0 Å². The monoisotopic (exact) mass is 428 g/mol. The fourth-order valence-electron chi connectivity index (χ4n) is 5.30. The minimum Gasteiger partial charge on any atom is -0.372 e. The van der Waals surface area contributed by atoms with Crippen molar-refractivity contribution >= 4 is 34.3 Å². The van der Waals surface area contributed by atoms with Gasteiger partial charge in [-0.2, -0.15) is 0 Å². The average Bonchev–Trinajstić information content (AvgIpc) is 3.61. The maximum Gasteiger partial charge on any atom is 0.328 e. The molecule has 1 aliphatic carbocycles. The lowest BCUT2D eigenvalue weighted by molar-refractivity contribution is 0.252. The van der Waals surface area contributed by atoms with Gasteiger partial charge in [0, 0.05) is 24.5 Å². The van der Waals surface area contributed by atoms with Crippen molar-refractivity contribution < 1.29 is 4.79 Å². The van der Waals surface area contributed by atoms with Crippen LogP contribution in [-0.2, 0) is 0 Å². The fourth-order valence-corrected chi connectivity index (χ4v) is 5.30. The van der Waals surface area contributed by atoms with Crippen molar-refractivity contribution in [1.82, 2.24) is 15.3 Å². The molecule has 1 aromatic heterocycles. The van der Waals surface area contributed by atoms with Gasteiger partial charge in [0.25, 0.3) is 0 Å². The number of imidazole rings is 1. The number of carbonyl (C=O) groups excluding carboxylic acids is 1. The summed E-state index contributed by atoms with van der Waals surface area (Å²) < 4.78 is 0. The van der Waals surface area contributed by atoms with E-state index < -0.39 is 0 Å². The van der Waals surface area contributed by atoms with Crippen LogP contribution in [0.5, 0.6) is 0 Å². The van der Waals surface area contributed by atoms with E-state index in [2.05, 4.69) is 44.5 Å². The van der Waals surface area contributed by atoms with Crippen molar-refractivity contribution in [3.63, 3.8) is 0 Å². The molecule has 0 radical (unpaired) electrons. The van der Waals surface area contributed by atoms with Crippen molar-refractivity contribution in [2.45, 2.75) is 50.6 Å². The topological polar surface area (TPSA) is 76.6 Å². The summed E-state index contributed by atoms with van der Waals surface area (Å²) in [4.78, 5) is 29.9. The Balaban J connectivity index is 1.40. The highest BCUT2D eigenvalue weighted by atomic mass is 16.2. The predicted molar refractivity (Wildman–Crippen MR) is 127 cm³/mol. The lowest BCUT2D eigenvalue weighted by atomic mass is 10.0. The van der Waals surface area contributed by atoms with E-state index in [1.165, 1.54) is 31.4 Å². The van der Waals surface area contributed by atoms with Gasteiger partial charge in [-0.25, -0.2) is 9.78 Å². The van der Waals surface area contributed by atoms with E-state index in [9.17, 15) is 4.79 Å². The SMILES string of the molecule is O=C1NC(=NC2CCCC2)C(c2ccc(N3CCCC3)cc2)N1c1ccc2nc[nH]c2c1. The Morgan fingerprint density at radius 1 is 0.938 bits per heavy atom. The number of nitrogens with one attached hydrogen (secondary N) is 2. The van der Waals surface area contributed by atoms with Gasteiger partial charge in [0.05, 0.1) is 23.4 Å². The van der Waals surface area contributed by atoms with Gasteiger partial charge in [0.1, 0.15) is 11.9 Å². The summed E-state index contributed by atoms with van der Waals surface area (Å²) in [6.45, 7) is 2.24. The summed E-state index contributed by atoms with van der Waals surface area (Å²) in [5.41, 5.74) is 4.97. The molecule has 2 amide bonds. The molecule has 2 aliphatic heterocycles. The van der Waals surface area contributed by atoms with Gasteiger partial charge in [0.2, 0.25) is 0 Å². The van der Waals surface area contributed by atoms with Gasteiger partial charge in [-0.1, -0.05) is 25.0 Å². The first-order valence-corrected chi connectivity index (χ1v) is 11.7. The number of rotatable bonds is 4. The van der Waals surface area contributed by atoms with Crippen molar-refractivity contribution in [2.24, 2.45) is 4.99 Å². The molecule has 6 rings (SSSR count). The van der Waals surface area contributed by atoms with Crippen LogP contribution in [0.1, 0.15) is 50.1 Å². The van der Waals surface area contributed by atoms with Crippen LogP contribution in [0, 0.1) is 0 Å². The number of aromatic nitrogens is 2. The number of fused-ring (bicyclic) bond motifs is 1. The number of amides is 2. The van der Waals surface area contributed by atoms with E-state index >= 15 is 0 Å². The van der Waals surface area contributed by atoms with Gasteiger partial charge >= 0.3 is 6.03 Å². The Hall–Kier alpha value is -3.35. The molecule has 7 nitrogen and oxygen atoms in total. The van der Waals surface area contributed by atoms with Crippen LogP contribution in [-0.4, -0.2) is 41.0 Å². The molecule has 2 aromatic carbocycles. The summed E-state index contributed by atoms with van der Waals surface area (Å²) in [7, 11) is 0. The Labute approximate surface area is 187 Å². The number of amidine groups is 1. The molecular weight excluding hydrogens is 400 g/mol. The molecule has 3 fully saturated rings. The Kier molecular flexibility index (Phi) is 4.82. The number of hydrogen-bond acceptors (Lipinski definition) is 4. The second-order valence-electron chi connectivity index (χ2n) is 9.04. The zero-order chi connectivity index (χ0) is 21.5. The summed E-state index contributed by atoms with van der Waals surface area (Å²) in [6, 6.07) is 14.5. The Morgan fingerprint density at radius 3 is 2.47 bits per heavy atom. The number of hydrogen-bond donors (Lipinski definition) is 2. The van der Waals surface area contributed by atoms with Gasteiger partial charge in [-0.05, 0) is 61.6 Å². The summed E-state index contributed by atoms with van der Waals surface area (Å²) in [5, 5.41) is 3.09. The summed E-state index contributed by atoms with van der Waals surface area (Å²) in [5.74, 6) is 0.764. The Morgan fingerprint density at radius 2 is 1.69 bits per heavy atom. The fraction of sp³-hybridized carbons (Fsp3) is 0.400. The molecule has 3 heterocycles. The molecule has 3 aromatic rings. The molecule has 0 spiro atoms. The first-order valence-electron chi connectivity index (χ1n) is 11.7. The molecule has 1 saturated carbocycles. The molecule has 1 atom stereocenters. The van der Waals surface area contributed by atoms with Gasteiger partial charge < -0.3 is 9.88 Å². The molecule has 2 saturated heterocycles. The van der Waals surface area contributed by atoms with E-state index in [1.54, 1.807) is 6.33 Å². The third-order valence-electron chi connectivity index (χ3n) is 6.98. The first kappa shape index (κ1) is 19.3. The molecule has 3 aliphatic rings. The maximum absolute atomic E-state index is 13.2. The van der Waals surface area contributed by atoms with Gasteiger partial charge in [-0.3, -0.25) is 15.2 Å². The van der Waals surface area contributed by atoms with E-state index in [4.69, 9.17) is 4.99 Å². The first-order chi connectivity index (χ1) is 15.8. The van der Waals surface area contributed by atoms with E-state index in [0.717, 1.165) is 54.1 Å². The van der Waals surface area contributed by atoms with E-state index in [0.29, 0.717) is 6.04 Å². The molecule has 2 N–H and O–H groups in total. The maximum atomic E-state index is 13.2. The van der Waals surface area contributed by atoms with E-state index in [1.807, 2.05) is 23.1 Å². The van der Waals surface area contributed by atoms with Gasteiger partial charge in [0.15, 0.2) is 0 Å². The normalized spacial score (nSPS) is 23.1. The molecule has 0 bridgehead atoms. The largest absolute Gasteiger partial charge is 0.372 e. The lowest BCUT2D eigenvalue weighted by Crippen LogP contribution is -2.29. The highest BCUT2D eigenvalue weighted by Crippen LogP contribution is 2.35. The van der Waals surface area contributed by atoms with Crippen molar-refractivity contribution in [3.8, 4) is 0 Å².